The maximum Gasteiger partial charge on any atom is 0.310 e. The number of hydrogen-bond acceptors (Lipinski definition) is 4. The van der Waals surface area contributed by atoms with Gasteiger partial charge in [-0.25, -0.2) is 13.3 Å². The number of benzene rings is 2. The van der Waals surface area contributed by atoms with Crippen LogP contribution in [0.4, 0.5) is 8.78 Å². The van der Waals surface area contributed by atoms with Crippen LogP contribution in [0.5, 0.6) is 11.8 Å². The summed E-state index contributed by atoms with van der Waals surface area (Å²) in [4.78, 5) is 17.5. The van der Waals surface area contributed by atoms with Gasteiger partial charge in [0.2, 0.25) is 0 Å². The average Bonchev–Trinajstić information content (AvgIpc) is 3.00. The lowest BCUT2D eigenvalue weighted by Gasteiger charge is -2.13. The van der Waals surface area contributed by atoms with Crippen LogP contribution in [0, 0.1) is 18.6 Å². The molecule has 4 nitrogen and oxygen atoms in total. The van der Waals surface area contributed by atoms with Crippen molar-refractivity contribution < 1.29 is 13.5 Å². The molecule has 27 heavy (non-hydrogen) atoms. The van der Waals surface area contributed by atoms with Gasteiger partial charge < -0.3 is 4.74 Å². The SMILES string of the molecule is Cc1csc2c(=O)n(-c3ccc(Cl)cc3)c(Oc3ccc(F)cc3F)nc12. The van der Waals surface area contributed by atoms with Gasteiger partial charge in [-0.15, -0.1) is 11.3 Å². The summed E-state index contributed by atoms with van der Waals surface area (Å²) in [5.41, 5.74) is 1.40. The van der Waals surface area contributed by atoms with Gasteiger partial charge in [0.1, 0.15) is 10.5 Å². The molecule has 136 valence electrons. The second-order valence-electron chi connectivity index (χ2n) is 5.78. The molecule has 0 aliphatic rings. The predicted octanol–water partition coefficient (Wildman–Crippen LogP) is 5.48. The van der Waals surface area contributed by atoms with Gasteiger partial charge in [-0.3, -0.25) is 4.79 Å². The highest BCUT2D eigenvalue weighted by atomic mass is 35.5. The molecule has 8 heteroatoms. The molecule has 0 amide bonds. The summed E-state index contributed by atoms with van der Waals surface area (Å²) in [6.07, 6.45) is 0. The van der Waals surface area contributed by atoms with Gasteiger partial charge in [0.25, 0.3) is 5.56 Å². The molecule has 2 aromatic carbocycles. The van der Waals surface area contributed by atoms with E-state index >= 15 is 0 Å². The van der Waals surface area contributed by atoms with E-state index in [9.17, 15) is 13.6 Å². The zero-order valence-corrected chi connectivity index (χ0v) is 15.4. The maximum absolute atomic E-state index is 14.1. The van der Waals surface area contributed by atoms with E-state index in [0.29, 0.717) is 27.0 Å². The van der Waals surface area contributed by atoms with E-state index in [-0.39, 0.29) is 17.3 Å². The standard InChI is InChI=1S/C19H11ClF2N2O2S/c1-10-9-27-17-16(10)23-19(26-15-7-4-12(21)8-14(15)22)24(18(17)25)13-5-2-11(20)3-6-13/h2-9H,1H3. The van der Waals surface area contributed by atoms with Crippen LogP contribution in [-0.4, -0.2) is 9.55 Å². The lowest BCUT2D eigenvalue weighted by atomic mass is 10.3. The van der Waals surface area contributed by atoms with Crippen molar-refractivity contribution >= 4 is 33.2 Å². The molecule has 0 atom stereocenters. The van der Waals surface area contributed by atoms with Crippen LogP contribution in [0.2, 0.25) is 5.02 Å². The molecule has 4 rings (SSSR count). The Kier molecular flexibility index (Phi) is 4.41. The molecule has 0 unspecified atom stereocenters. The lowest BCUT2D eigenvalue weighted by molar-refractivity contribution is 0.397. The van der Waals surface area contributed by atoms with Crippen molar-refractivity contribution in [1.29, 1.82) is 0 Å². The molecule has 0 saturated heterocycles. The molecule has 0 N–H and O–H groups in total. The number of aryl methyl sites for hydroxylation is 1. The number of rotatable bonds is 3. The van der Waals surface area contributed by atoms with E-state index in [0.717, 1.165) is 17.7 Å². The molecule has 0 bridgehead atoms. The third-order valence-corrected chi connectivity index (χ3v) is 5.25. The summed E-state index contributed by atoms with van der Waals surface area (Å²) in [7, 11) is 0. The first-order valence-corrected chi connectivity index (χ1v) is 9.09. The van der Waals surface area contributed by atoms with Crippen LogP contribution >= 0.6 is 22.9 Å². The number of thiophene rings is 1. The van der Waals surface area contributed by atoms with Crippen LogP contribution in [-0.2, 0) is 0 Å². The average molecular weight is 405 g/mol. The smallest absolute Gasteiger partial charge is 0.310 e. The Balaban J connectivity index is 1.96. The zero-order chi connectivity index (χ0) is 19.1. The van der Waals surface area contributed by atoms with E-state index in [1.807, 2.05) is 12.3 Å². The first kappa shape index (κ1) is 17.6. The topological polar surface area (TPSA) is 44.1 Å². The Morgan fingerprint density at radius 1 is 1.15 bits per heavy atom. The molecule has 0 fully saturated rings. The van der Waals surface area contributed by atoms with Crippen LogP contribution in [0.15, 0.2) is 52.6 Å². The minimum atomic E-state index is -0.894. The minimum Gasteiger partial charge on any atom is -0.422 e. The van der Waals surface area contributed by atoms with Gasteiger partial charge in [-0.2, -0.15) is 4.98 Å². The predicted molar refractivity (Wildman–Crippen MR) is 101 cm³/mol. The second kappa shape index (κ2) is 6.75. The van der Waals surface area contributed by atoms with Gasteiger partial charge in [-0.1, -0.05) is 11.6 Å². The van der Waals surface area contributed by atoms with Crippen molar-refractivity contribution in [3.8, 4) is 17.4 Å². The third kappa shape index (κ3) is 3.20. The zero-order valence-electron chi connectivity index (χ0n) is 13.9. The second-order valence-corrected chi connectivity index (χ2v) is 7.10. The van der Waals surface area contributed by atoms with Gasteiger partial charge >= 0.3 is 6.01 Å². The molecule has 0 aliphatic carbocycles. The molecule has 4 aromatic rings. The number of halogens is 3. The number of aromatic nitrogens is 2. The summed E-state index contributed by atoms with van der Waals surface area (Å²) in [5, 5.41) is 2.31. The normalized spacial score (nSPS) is 11.1. The Bertz CT molecular complexity index is 1220. The van der Waals surface area contributed by atoms with Gasteiger partial charge in [0.05, 0.1) is 11.2 Å². The highest BCUT2D eigenvalue weighted by molar-refractivity contribution is 7.17. The largest absolute Gasteiger partial charge is 0.422 e. The fraction of sp³-hybridized carbons (Fsp3) is 0.0526. The number of ether oxygens (including phenoxy) is 1. The molecule has 2 heterocycles. The fourth-order valence-electron chi connectivity index (χ4n) is 2.61. The van der Waals surface area contributed by atoms with Crippen molar-refractivity contribution in [3.05, 3.63) is 80.4 Å². The van der Waals surface area contributed by atoms with Gasteiger partial charge in [-0.05, 0) is 54.3 Å². The Labute approximate surface area is 161 Å². The molecular formula is C19H11ClF2N2O2S. The van der Waals surface area contributed by atoms with Crippen molar-refractivity contribution in [1.82, 2.24) is 9.55 Å². The maximum atomic E-state index is 14.1. The molecule has 0 radical (unpaired) electrons. The Morgan fingerprint density at radius 3 is 2.59 bits per heavy atom. The summed E-state index contributed by atoms with van der Waals surface area (Å²) in [5.74, 6) is -1.86. The number of fused-ring (bicyclic) bond motifs is 1. The summed E-state index contributed by atoms with van der Waals surface area (Å²) in [6, 6.07) is 9.30. The highest BCUT2D eigenvalue weighted by Gasteiger charge is 2.18. The first-order chi connectivity index (χ1) is 12.9. The van der Waals surface area contributed by atoms with E-state index in [1.165, 1.54) is 15.9 Å². The first-order valence-electron chi connectivity index (χ1n) is 7.84. The minimum absolute atomic E-state index is 0.123. The molecule has 0 spiro atoms. The van der Waals surface area contributed by atoms with Crippen molar-refractivity contribution in [3.63, 3.8) is 0 Å². The summed E-state index contributed by atoms with van der Waals surface area (Å²) < 4.78 is 34.5. The third-order valence-electron chi connectivity index (χ3n) is 3.92. The summed E-state index contributed by atoms with van der Waals surface area (Å²) >= 11 is 7.20. The molecular weight excluding hydrogens is 394 g/mol. The monoisotopic (exact) mass is 404 g/mol. The summed E-state index contributed by atoms with van der Waals surface area (Å²) in [6.45, 7) is 1.82. The van der Waals surface area contributed by atoms with Gasteiger partial charge in [0, 0.05) is 11.1 Å². The quantitative estimate of drug-likeness (QED) is 0.454. The van der Waals surface area contributed by atoms with Crippen molar-refractivity contribution in [2.75, 3.05) is 0 Å². The van der Waals surface area contributed by atoms with Crippen LogP contribution in [0.3, 0.4) is 0 Å². The van der Waals surface area contributed by atoms with E-state index in [4.69, 9.17) is 16.3 Å². The van der Waals surface area contributed by atoms with Crippen LogP contribution < -0.4 is 10.3 Å². The van der Waals surface area contributed by atoms with E-state index < -0.39 is 11.6 Å². The lowest BCUT2D eigenvalue weighted by Crippen LogP contribution is -2.20. The Hall–Kier alpha value is -2.77. The van der Waals surface area contributed by atoms with Crippen molar-refractivity contribution in [2.24, 2.45) is 0 Å². The molecule has 2 aromatic heterocycles. The van der Waals surface area contributed by atoms with Crippen LogP contribution in [0.1, 0.15) is 5.56 Å². The van der Waals surface area contributed by atoms with E-state index in [2.05, 4.69) is 4.98 Å². The van der Waals surface area contributed by atoms with Gasteiger partial charge in [0.15, 0.2) is 11.6 Å². The highest BCUT2D eigenvalue weighted by Crippen LogP contribution is 2.29. The fourth-order valence-corrected chi connectivity index (χ4v) is 3.65. The van der Waals surface area contributed by atoms with Crippen molar-refractivity contribution in [2.45, 2.75) is 6.92 Å². The van der Waals surface area contributed by atoms with Crippen LogP contribution in [0.25, 0.3) is 15.9 Å². The molecule has 0 aliphatic heterocycles. The Morgan fingerprint density at radius 2 is 1.89 bits per heavy atom. The number of hydrogen-bond donors (Lipinski definition) is 0. The van der Waals surface area contributed by atoms with E-state index in [1.54, 1.807) is 24.3 Å². The molecule has 0 saturated carbocycles. The number of nitrogens with zero attached hydrogens (tertiary/aromatic N) is 2.